The average molecular weight is 156 g/mol. The second-order valence-electron chi connectivity index (χ2n) is 3.07. The largest absolute Gasteiger partial charge is 0.461 e. The molecule has 0 bridgehead atoms. The van der Waals surface area contributed by atoms with Gasteiger partial charge in [0.1, 0.15) is 12.1 Å². The van der Waals surface area contributed by atoms with Gasteiger partial charge in [-0.05, 0) is 32.6 Å². The van der Waals surface area contributed by atoms with Crippen LogP contribution in [-0.4, -0.2) is 18.1 Å². The molecule has 1 rings (SSSR count). The molecule has 11 heavy (non-hydrogen) atoms. The lowest BCUT2D eigenvalue weighted by atomic mass is 10.3. The lowest BCUT2D eigenvalue weighted by Crippen LogP contribution is -2.25. The number of ether oxygens (including phenoxy) is 1. The maximum Gasteiger partial charge on any atom is 0.324 e. The summed E-state index contributed by atoms with van der Waals surface area (Å²) in [7, 11) is 0. The normalized spacial score (nSPS) is 21.6. The Labute approximate surface area is 66.9 Å². The first-order valence-electron chi connectivity index (χ1n) is 4.12. The minimum Gasteiger partial charge on any atom is -0.461 e. The molecule has 63 valence electrons. The van der Waals surface area contributed by atoms with E-state index in [1.807, 2.05) is 0 Å². The molecule has 0 aromatic heterocycles. The van der Waals surface area contributed by atoms with Crippen molar-refractivity contribution in [3.8, 4) is 0 Å². The van der Waals surface area contributed by atoms with E-state index in [1.54, 1.807) is 0 Å². The highest BCUT2D eigenvalue weighted by molar-refractivity contribution is 5.74. The van der Waals surface area contributed by atoms with Gasteiger partial charge in [0, 0.05) is 0 Å². The van der Waals surface area contributed by atoms with Crippen molar-refractivity contribution < 1.29 is 9.53 Å². The zero-order valence-electron chi connectivity index (χ0n) is 6.80. The predicted octanol–water partition coefficient (Wildman–Crippen LogP) is 1.14. The molecule has 1 radical (unpaired) electrons. The highest BCUT2D eigenvalue weighted by atomic mass is 16.5. The van der Waals surface area contributed by atoms with Crippen LogP contribution in [0.5, 0.6) is 0 Å². The third-order valence-electron chi connectivity index (χ3n) is 1.94. The topological polar surface area (TPSA) is 50.1 Å². The van der Waals surface area contributed by atoms with Crippen molar-refractivity contribution in [2.24, 2.45) is 0 Å². The van der Waals surface area contributed by atoms with E-state index in [2.05, 4.69) is 0 Å². The summed E-state index contributed by atoms with van der Waals surface area (Å²) in [5.41, 5.74) is 7.07. The molecule has 1 N–H and O–H groups in total. The van der Waals surface area contributed by atoms with E-state index >= 15 is 0 Å². The Balaban J connectivity index is 2.24. The fourth-order valence-corrected chi connectivity index (χ4v) is 1.27. The van der Waals surface area contributed by atoms with Crippen LogP contribution in [-0.2, 0) is 9.53 Å². The predicted molar refractivity (Wildman–Crippen MR) is 40.9 cm³/mol. The Bertz CT molecular complexity index is 139. The van der Waals surface area contributed by atoms with E-state index in [1.165, 1.54) is 6.92 Å². The molecule has 0 aromatic carbocycles. The van der Waals surface area contributed by atoms with Crippen molar-refractivity contribution in [3.05, 3.63) is 0 Å². The minimum atomic E-state index is -0.726. The summed E-state index contributed by atoms with van der Waals surface area (Å²) in [5, 5.41) is 0. The van der Waals surface area contributed by atoms with Crippen molar-refractivity contribution in [3.63, 3.8) is 0 Å². The van der Waals surface area contributed by atoms with Crippen molar-refractivity contribution in [2.45, 2.75) is 44.8 Å². The monoisotopic (exact) mass is 156 g/mol. The van der Waals surface area contributed by atoms with Crippen molar-refractivity contribution >= 4 is 5.97 Å². The molecule has 3 nitrogen and oxygen atoms in total. The summed E-state index contributed by atoms with van der Waals surface area (Å²) in [5.74, 6) is -0.378. The van der Waals surface area contributed by atoms with Crippen molar-refractivity contribution in [2.75, 3.05) is 0 Å². The Morgan fingerprint density at radius 2 is 2.09 bits per heavy atom. The zero-order chi connectivity index (χ0) is 8.27. The molecule has 0 aromatic rings. The minimum absolute atomic E-state index is 0.107. The van der Waals surface area contributed by atoms with Crippen LogP contribution in [0.15, 0.2) is 0 Å². The van der Waals surface area contributed by atoms with Crippen molar-refractivity contribution in [1.29, 1.82) is 0 Å². The Morgan fingerprint density at radius 3 is 2.55 bits per heavy atom. The Kier molecular flexibility index (Phi) is 2.88. The van der Waals surface area contributed by atoms with Gasteiger partial charge >= 0.3 is 5.97 Å². The highest BCUT2D eigenvalue weighted by Gasteiger charge is 2.20. The van der Waals surface area contributed by atoms with Gasteiger partial charge in [0.25, 0.3) is 0 Å². The molecule has 0 aliphatic heterocycles. The average Bonchev–Trinajstić information content (AvgIpc) is 2.39. The van der Waals surface area contributed by atoms with Gasteiger partial charge in [-0.2, -0.15) is 0 Å². The molecular weight excluding hydrogens is 142 g/mol. The van der Waals surface area contributed by atoms with Gasteiger partial charge in [-0.3, -0.25) is 4.79 Å². The van der Waals surface area contributed by atoms with Crippen LogP contribution in [0.4, 0.5) is 0 Å². The van der Waals surface area contributed by atoms with Gasteiger partial charge in [-0.1, -0.05) is 0 Å². The molecule has 0 amide bonds. The van der Waals surface area contributed by atoms with Crippen LogP contribution in [0.2, 0.25) is 0 Å². The third-order valence-corrected chi connectivity index (χ3v) is 1.94. The first-order valence-corrected chi connectivity index (χ1v) is 4.12. The van der Waals surface area contributed by atoms with Gasteiger partial charge in [0.2, 0.25) is 0 Å². The van der Waals surface area contributed by atoms with Gasteiger partial charge < -0.3 is 4.74 Å². The van der Waals surface area contributed by atoms with Crippen LogP contribution in [0.1, 0.15) is 32.6 Å². The van der Waals surface area contributed by atoms with Crippen LogP contribution in [0.25, 0.3) is 0 Å². The standard InChI is InChI=1S/C8H14NO2/c1-6(9)8(10)11-7-4-2-3-5-7/h6-7,9H,2-5H2,1H3. The summed E-state index contributed by atoms with van der Waals surface area (Å²) in [6.07, 6.45) is 4.39. The van der Waals surface area contributed by atoms with Crippen LogP contribution in [0.3, 0.4) is 0 Å². The number of hydrogen-bond acceptors (Lipinski definition) is 2. The summed E-state index contributed by atoms with van der Waals surface area (Å²) < 4.78 is 5.05. The zero-order valence-corrected chi connectivity index (χ0v) is 6.80. The summed E-state index contributed by atoms with van der Waals surface area (Å²) in [6, 6.07) is -0.726. The fourth-order valence-electron chi connectivity index (χ4n) is 1.27. The molecule has 1 aliphatic carbocycles. The molecule has 1 saturated carbocycles. The van der Waals surface area contributed by atoms with Crippen LogP contribution < -0.4 is 5.73 Å². The van der Waals surface area contributed by atoms with E-state index in [4.69, 9.17) is 10.5 Å². The van der Waals surface area contributed by atoms with Gasteiger partial charge in [-0.25, -0.2) is 5.73 Å². The van der Waals surface area contributed by atoms with E-state index in [0.29, 0.717) is 0 Å². The summed E-state index contributed by atoms with van der Waals surface area (Å²) in [6.45, 7) is 1.54. The Hall–Kier alpha value is -0.570. The molecule has 0 heterocycles. The second-order valence-corrected chi connectivity index (χ2v) is 3.07. The molecule has 1 aliphatic rings. The lowest BCUT2D eigenvalue weighted by Gasteiger charge is -2.12. The van der Waals surface area contributed by atoms with E-state index in [-0.39, 0.29) is 12.1 Å². The Morgan fingerprint density at radius 1 is 1.55 bits per heavy atom. The van der Waals surface area contributed by atoms with E-state index in [9.17, 15) is 4.79 Å². The second kappa shape index (κ2) is 3.72. The first-order chi connectivity index (χ1) is 5.20. The van der Waals surface area contributed by atoms with Crippen LogP contribution in [0, 0.1) is 0 Å². The van der Waals surface area contributed by atoms with Crippen molar-refractivity contribution in [1.82, 2.24) is 5.73 Å². The number of carbonyl (C=O) groups is 1. The highest BCUT2D eigenvalue weighted by Crippen LogP contribution is 2.21. The van der Waals surface area contributed by atoms with E-state index in [0.717, 1.165) is 25.7 Å². The van der Waals surface area contributed by atoms with Crippen LogP contribution >= 0.6 is 0 Å². The van der Waals surface area contributed by atoms with Gasteiger partial charge in [0.05, 0.1) is 0 Å². The smallest absolute Gasteiger partial charge is 0.324 e. The number of esters is 1. The molecule has 0 spiro atoms. The van der Waals surface area contributed by atoms with Gasteiger partial charge in [-0.15, -0.1) is 0 Å². The first kappa shape index (κ1) is 8.53. The maximum atomic E-state index is 10.9. The SMILES string of the molecule is CC([NH])C(=O)OC1CCCC1. The number of nitrogens with one attached hydrogen (secondary N) is 1. The number of hydrogen-bond donors (Lipinski definition) is 0. The maximum absolute atomic E-state index is 10.9. The molecular formula is C8H14NO2. The van der Waals surface area contributed by atoms with Gasteiger partial charge in [0.15, 0.2) is 0 Å². The number of carbonyl (C=O) groups excluding carboxylic acids is 1. The lowest BCUT2D eigenvalue weighted by molar-refractivity contribution is -0.150. The summed E-state index contributed by atoms with van der Waals surface area (Å²) in [4.78, 5) is 10.9. The fraction of sp³-hybridized carbons (Fsp3) is 0.875. The number of rotatable bonds is 2. The molecule has 0 saturated heterocycles. The molecule has 3 heteroatoms. The van der Waals surface area contributed by atoms with E-state index < -0.39 is 6.04 Å². The summed E-state index contributed by atoms with van der Waals surface area (Å²) >= 11 is 0. The quantitative estimate of drug-likeness (QED) is 0.563. The molecule has 1 fully saturated rings. The molecule has 1 unspecified atom stereocenters. The third kappa shape index (κ3) is 2.50. The molecule has 1 atom stereocenters.